The van der Waals surface area contributed by atoms with E-state index in [2.05, 4.69) is 4.98 Å². The van der Waals surface area contributed by atoms with Crippen LogP contribution in [-0.4, -0.2) is 33.3 Å². The molecular formula is C26H26N4O3. The molecule has 1 aliphatic rings. The minimum atomic E-state index is -0.401. The second-order valence-corrected chi connectivity index (χ2v) is 8.47. The zero-order valence-corrected chi connectivity index (χ0v) is 19.1. The van der Waals surface area contributed by atoms with E-state index in [-0.39, 0.29) is 22.9 Å². The Kier molecular flexibility index (Phi) is 6.27. The van der Waals surface area contributed by atoms with E-state index < -0.39 is 5.56 Å². The lowest BCUT2D eigenvalue weighted by molar-refractivity contribution is -0.127. The number of fused-ring (bicyclic) bond motifs is 1. The zero-order valence-electron chi connectivity index (χ0n) is 19.1. The fourth-order valence-electron chi connectivity index (χ4n) is 4.15. The molecule has 3 aromatic rings. The van der Waals surface area contributed by atoms with Gasteiger partial charge in [0, 0.05) is 19.3 Å². The first-order valence-corrected chi connectivity index (χ1v) is 11.1. The van der Waals surface area contributed by atoms with Crippen LogP contribution in [0.1, 0.15) is 41.5 Å². The monoisotopic (exact) mass is 442 g/mol. The Morgan fingerprint density at radius 2 is 1.82 bits per heavy atom. The van der Waals surface area contributed by atoms with E-state index in [0.717, 1.165) is 36.0 Å². The third kappa shape index (κ3) is 4.65. The molecule has 0 N–H and O–H groups in total. The molecule has 1 fully saturated rings. The molecule has 0 spiro atoms. The molecule has 7 nitrogen and oxygen atoms in total. The van der Waals surface area contributed by atoms with Crippen LogP contribution in [0, 0.1) is 32.1 Å². The minimum absolute atomic E-state index is 0.0681. The molecule has 1 aromatic carbocycles. The van der Waals surface area contributed by atoms with Crippen molar-refractivity contribution in [1.29, 1.82) is 5.26 Å². The Morgan fingerprint density at radius 3 is 2.48 bits per heavy atom. The number of rotatable bonds is 4. The number of piperidine rings is 1. The lowest BCUT2D eigenvalue weighted by Gasteiger charge is -2.26. The number of nitrogens with zero attached hydrogens (tertiary/aromatic N) is 4. The number of aromatic nitrogens is 2. The molecule has 0 radical (unpaired) electrons. The number of benzene rings is 1. The third-order valence-corrected chi connectivity index (χ3v) is 5.74. The fraction of sp³-hybridized carbons (Fsp3) is 0.308. The number of hydrogen-bond donors (Lipinski definition) is 0. The van der Waals surface area contributed by atoms with Gasteiger partial charge in [-0.1, -0.05) is 12.1 Å². The molecule has 7 heteroatoms. The molecule has 0 atom stereocenters. The summed E-state index contributed by atoms with van der Waals surface area (Å²) >= 11 is 0. The summed E-state index contributed by atoms with van der Waals surface area (Å²) in [6.07, 6.45) is 5.82. The quantitative estimate of drug-likeness (QED) is 0.443. The first-order chi connectivity index (χ1) is 15.9. The number of pyridine rings is 1. The van der Waals surface area contributed by atoms with Gasteiger partial charge in [-0.05, 0) is 81.0 Å². The van der Waals surface area contributed by atoms with Crippen molar-refractivity contribution >= 4 is 17.6 Å². The number of nitriles is 1. The van der Waals surface area contributed by atoms with Gasteiger partial charge in [0.1, 0.15) is 28.6 Å². The van der Waals surface area contributed by atoms with E-state index in [0.29, 0.717) is 24.5 Å². The highest BCUT2D eigenvalue weighted by atomic mass is 16.5. The van der Waals surface area contributed by atoms with E-state index in [1.165, 1.54) is 10.5 Å². The molecule has 0 unspecified atom stereocenters. The molecule has 33 heavy (non-hydrogen) atoms. The van der Waals surface area contributed by atoms with Crippen LogP contribution in [0.15, 0.2) is 46.9 Å². The lowest BCUT2D eigenvalue weighted by atomic mass is 10.1. The van der Waals surface area contributed by atoms with Crippen molar-refractivity contribution < 1.29 is 9.53 Å². The van der Waals surface area contributed by atoms with E-state index >= 15 is 0 Å². The van der Waals surface area contributed by atoms with Gasteiger partial charge in [-0.3, -0.25) is 14.0 Å². The summed E-state index contributed by atoms with van der Waals surface area (Å²) in [5.41, 5.74) is 2.85. The first-order valence-electron chi connectivity index (χ1n) is 11.1. The average Bonchev–Trinajstić information content (AvgIpc) is 2.79. The second-order valence-electron chi connectivity index (χ2n) is 8.47. The minimum Gasteiger partial charge on any atom is -0.438 e. The highest BCUT2D eigenvalue weighted by Gasteiger charge is 2.23. The standard InChI is InChI=1S/C26H26N4O3/c1-17-12-18(2)14-21(13-17)33-24-22(26(32)30-11-7-8-19(3)23(30)28-24)15-20(16-27)25(31)29-9-5-4-6-10-29/h7-8,11-15H,4-6,9-10H2,1-3H3/b20-15+. The van der Waals surface area contributed by atoms with Gasteiger partial charge in [0.2, 0.25) is 5.88 Å². The van der Waals surface area contributed by atoms with Crippen molar-refractivity contribution in [3.63, 3.8) is 0 Å². The lowest BCUT2D eigenvalue weighted by Crippen LogP contribution is -2.36. The summed E-state index contributed by atoms with van der Waals surface area (Å²) in [7, 11) is 0. The molecule has 0 aliphatic carbocycles. The molecule has 3 heterocycles. The third-order valence-electron chi connectivity index (χ3n) is 5.74. The molecule has 168 valence electrons. The van der Waals surface area contributed by atoms with Crippen molar-refractivity contribution in [1.82, 2.24) is 14.3 Å². The van der Waals surface area contributed by atoms with Gasteiger partial charge in [0.15, 0.2) is 0 Å². The van der Waals surface area contributed by atoms with Gasteiger partial charge in [0.05, 0.1) is 0 Å². The van der Waals surface area contributed by atoms with Crippen LogP contribution in [0.2, 0.25) is 0 Å². The number of likely N-dealkylation sites (tertiary alicyclic amines) is 1. The van der Waals surface area contributed by atoms with Gasteiger partial charge in [-0.15, -0.1) is 0 Å². The number of ether oxygens (including phenoxy) is 1. The summed E-state index contributed by atoms with van der Waals surface area (Å²) in [5, 5.41) is 9.75. The van der Waals surface area contributed by atoms with Crippen molar-refractivity contribution in [2.75, 3.05) is 13.1 Å². The summed E-state index contributed by atoms with van der Waals surface area (Å²) < 4.78 is 7.49. The predicted octanol–water partition coefficient (Wildman–Crippen LogP) is 4.33. The number of carbonyl (C=O) groups excluding carboxylic acids is 1. The van der Waals surface area contributed by atoms with Crippen LogP contribution in [0.4, 0.5) is 0 Å². The van der Waals surface area contributed by atoms with Gasteiger partial charge in [0.25, 0.3) is 11.5 Å². The number of amides is 1. The van der Waals surface area contributed by atoms with Gasteiger partial charge < -0.3 is 9.64 Å². The predicted molar refractivity (Wildman–Crippen MR) is 126 cm³/mol. The zero-order chi connectivity index (χ0) is 23.5. The van der Waals surface area contributed by atoms with Crippen molar-refractivity contribution in [2.24, 2.45) is 0 Å². The highest BCUT2D eigenvalue weighted by molar-refractivity contribution is 6.02. The van der Waals surface area contributed by atoms with Crippen molar-refractivity contribution in [3.05, 3.63) is 74.7 Å². The fourth-order valence-corrected chi connectivity index (χ4v) is 4.15. The van der Waals surface area contributed by atoms with E-state index in [4.69, 9.17) is 4.74 Å². The summed E-state index contributed by atoms with van der Waals surface area (Å²) in [5.74, 6) is 0.231. The maximum Gasteiger partial charge on any atom is 0.269 e. The van der Waals surface area contributed by atoms with E-state index in [9.17, 15) is 14.9 Å². The second kappa shape index (κ2) is 9.29. The molecule has 0 saturated carbocycles. The average molecular weight is 443 g/mol. The largest absolute Gasteiger partial charge is 0.438 e. The Balaban J connectivity index is 1.88. The summed E-state index contributed by atoms with van der Waals surface area (Å²) in [6.45, 7) is 6.99. The molecule has 2 aromatic heterocycles. The van der Waals surface area contributed by atoms with Gasteiger partial charge in [-0.25, -0.2) is 0 Å². The van der Waals surface area contributed by atoms with Crippen LogP contribution in [0.3, 0.4) is 0 Å². The Bertz CT molecular complexity index is 1340. The van der Waals surface area contributed by atoms with Crippen molar-refractivity contribution in [3.8, 4) is 17.7 Å². The van der Waals surface area contributed by atoms with Crippen LogP contribution >= 0.6 is 0 Å². The highest BCUT2D eigenvalue weighted by Crippen LogP contribution is 2.27. The van der Waals surface area contributed by atoms with E-state index in [1.807, 2.05) is 51.1 Å². The van der Waals surface area contributed by atoms with Gasteiger partial charge in [-0.2, -0.15) is 10.2 Å². The number of hydrogen-bond acceptors (Lipinski definition) is 5. The van der Waals surface area contributed by atoms with Gasteiger partial charge >= 0.3 is 0 Å². The molecule has 4 rings (SSSR count). The molecule has 1 aliphatic heterocycles. The SMILES string of the molecule is Cc1cc(C)cc(Oc2nc3c(C)cccn3c(=O)c2/C=C(\C#N)C(=O)N2CCCCC2)c1. The van der Waals surface area contributed by atoms with Crippen LogP contribution in [0.25, 0.3) is 11.7 Å². The first kappa shape index (κ1) is 22.3. The summed E-state index contributed by atoms with van der Waals surface area (Å²) in [6, 6.07) is 11.3. The maximum absolute atomic E-state index is 13.4. The van der Waals surface area contributed by atoms with Crippen LogP contribution in [-0.2, 0) is 4.79 Å². The molecule has 1 saturated heterocycles. The normalized spacial score (nSPS) is 14.2. The van der Waals surface area contributed by atoms with Crippen LogP contribution < -0.4 is 10.3 Å². The smallest absolute Gasteiger partial charge is 0.269 e. The number of aryl methyl sites for hydroxylation is 3. The Morgan fingerprint density at radius 1 is 1.12 bits per heavy atom. The number of carbonyl (C=O) groups is 1. The summed E-state index contributed by atoms with van der Waals surface area (Å²) in [4.78, 5) is 32.7. The topological polar surface area (TPSA) is 87.7 Å². The van der Waals surface area contributed by atoms with E-state index in [1.54, 1.807) is 17.2 Å². The molecule has 0 bridgehead atoms. The molecule has 1 amide bonds. The Hall–Kier alpha value is -3.92. The maximum atomic E-state index is 13.4. The van der Waals surface area contributed by atoms with Crippen LogP contribution in [0.5, 0.6) is 11.6 Å². The molecular weight excluding hydrogens is 416 g/mol. The Labute approximate surface area is 192 Å². The van der Waals surface area contributed by atoms with Crippen molar-refractivity contribution in [2.45, 2.75) is 40.0 Å².